The molecule has 18 heavy (non-hydrogen) atoms. The zero-order valence-electron chi connectivity index (χ0n) is 10.1. The Bertz CT molecular complexity index is 599. The smallest absolute Gasteiger partial charge is 0.131 e. The highest BCUT2D eigenvalue weighted by Crippen LogP contribution is 2.33. The Morgan fingerprint density at radius 1 is 1.06 bits per heavy atom. The average molecular weight is 327 g/mol. The van der Waals surface area contributed by atoms with Crippen LogP contribution in [-0.4, -0.2) is 0 Å². The molecular formula is C14H13BrClNO. The first kappa shape index (κ1) is 13.2. The van der Waals surface area contributed by atoms with Gasteiger partial charge in [0.1, 0.15) is 11.5 Å². The maximum Gasteiger partial charge on any atom is 0.131 e. The number of benzene rings is 2. The minimum atomic E-state index is 0.505. The van der Waals surface area contributed by atoms with Crippen LogP contribution in [-0.2, 0) is 0 Å². The first-order valence-corrected chi connectivity index (χ1v) is 6.64. The van der Waals surface area contributed by atoms with Gasteiger partial charge in [-0.15, -0.1) is 0 Å². The molecule has 94 valence electrons. The molecule has 0 heterocycles. The lowest BCUT2D eigenvalue weighted by Gasteiger charge is -2.12. The molecule has 0 amide bonds. The average Bonchev–Trinajstić information content (AvgIpc) is 2.29. The number of hydrogen-bond acceptors (Lipinski definition) is 2. The normalized spacial score (nSPS) is 10.4. The molecule has 2 rings (SSSR count). The molecule has 2 aromatic carbocycles. The molecule has 0 aromatic heterocycles. The van der Waals surface area contributed by atoms with Crippen molar-refractivity contribution in [3.63, 3.8) is 0 Å². The monoisotopic (exact) mass is 325 g/mol. The van der Waals surface area contributed by atoms with Crippen LogP contribution < -0.4 is 10.5 Å². The fourth-order valence-electron chi connectivity index (χ4n) is 1.64. The maximum absolute atomic E-state index is 6.00. The standard InChI is InChI=1S/C14H13BrClNO/c1-8-5-10(15)3-4-13(8)18-14-7-11(16)12(17)6-9(14)2/h3-7H,17H2,1-2H3. The zero-order valence-corrected chi connectivity index (χ0v) is 12.5. The second-order valence-electron chi connectivity index (χ2n) is 4.15. The number of rotatable bonds is 2. The summed E-state index contributed by atoms with van der Waals surface area (Å²) in [7, 11) is 0. The summed E-state index contributed by atoms with van der Waals surface area (Å²) >= 11 is 9.43. The van der Waals surface area contributed by atoms with E-state index in [-0.39, 0.29) is 0 Å². The lowest BCUT2D eigenvalue weighted by molar-refractivity contribution is 0.475. The van der Waals surface area contributed by atoms with Gasteiger partial charge in [0, 0.05) is 10.5 Å². The summed E-state index contributed by atoms with van der Waals surface area (Å²) in [5.41, 5.74) is 8.31. The first-order chi connectivity index (χ1) is 8.47. The van der Waals surface area contributed by atoms with Crippen LogP contribution >= 0.6 is 27.5 Å². The Balaban J connectivity index is 2.37. The Kier molecular flexibility index (Phi) is 3.83. The Hall–Kier alpha value is -1.19. The molecule has 2 aromatic rings. The van der Waals surface area contributed by atoms with Gasteiger partial charge in [-0.1, -0.05) is 27.5 Å². The summed E-state index contributed by atoms with van der Waals surface area (Å²) in [5, 5.41) is 0.505. The van der Waals surface area contributed by atoms with Crippen LogP contribution in [0.2, 0.25) is 5.02 Å². The molecule has 0 aliphatic rings. The van der Waals surface area contributed by atoms with E-state index in [0.29, 0.717) is 10.7 Å². The van der Waals surface area contributed by atoms with Gasteiger partial charge in [0.2, 0.25) is 0 Å². The van der Waals surface area contributed by atoms with Gasteiger partial charge < -0.3 is 10.5 Å². The predicted molar refractivity (Wildman–Crippen MR) is 79.6 cm³/mol. The molecule has 2 N–H and O–H groups in total. The van der Waals surface area contributed by atoms with Crippen LogP contribution in [0.1, 0.15) is 11.1 Å². The minimum absolute atomic E-state index is 0.505. The van der Waals surface area contributed by atoms with Crippen molar-refractivity contribution in [1.29, 1.82) is 0 Å². The number of nitrogens with two attached hydrogens (primary N) is 1. The summed E-state index contributed by atoms with van der Waals surface area (Å²) in [4.78, 5) is 0. The molecule has 0 atom stereocenters. The molecule has 0 fully saturated rings. The van der Waals surface area contributed by atoms with Crippen molar-refractivity contribution in [2.24, 2.45) is 0 Å². The molecule has 0 saturated carbocycles. The number of nitrogen functional groups attached to an aromatic ring is 1. The van der Waals surface area contributed by atoms with Crippen molar-refractivity contribution < 1.29 is 4.74 Å². The molecule has 0 aliphatic heterocycles. The van der Waals surface area contributed by atoms with Gasteiger partial charge in [-0.05, 0) is 49.2 Å². The van der Waals surface area contributed by atoms with Gasteiger partial charge in [0.25, 0.3) is 0 Å². The Morgan fingerprint density at radius 2 is 1.72 bits per heavy atom. The maximum atomic E-state index is 6.00. The van der Waals surface area contributed by atoms with Crippen molar-refractivity contribution in [2.75, 3.05) is 5.73 Å². The van der Waals surface area contributed by atoms with Crippen LogP contribution in [0.25, 0.3) is 0 Å². The first-order valence-electron chi connectivity index (χ1n) is 5.47. The number of ether oxygens (including phenoxy) is 1. The van der Waals surface area contributed by atoms with Gasteiger partial charge in [-0.25, -0.2) is 0 Å². The largest absolute Gasteiger partial charge is 0.457 e. The van der Waals surface area contributed by atoms with Crippen molar-refractivity contribution in [1.82, 2.24) is 0 Å². The molecule has 0 bridgehead atoms. The van der Waals surface area contributed by atoms with E-state index in [9.17, 15) is 0 Å². The van der Waals surface area contributed by atoms with E-state index in [0.717, 1.165) is 27.1 Å². The lowest BCUT2D eigenvalue weighted by atomic mass is 10.2. The molecule has 0 radical (unpaired) electrons. The molecule has 0 saturated heterocycles. The van der Waals surface area contributed by atoms with E-state index >= 15 is 0 Å². The van der Waals surface area contributed by atoms with E-state index in [4.69, 9.17) is 22.1 Å². The van der Waals surface area contributed by atoms with Crippen LogP contribution in [0.15, 0.2) is 34.8 Å². The Morgan fingerprint density at radius 3 is 2.39 bits per heavy atom. The third-order valence-corrected chi connectivity index (χ3v) is 3.47. The minimum Gasteiger partial charge on any atom is -0.457 e. The van der Waals surface area contributed by atoms with Gasteiger partial charge in [-0.3, -0.25) is 0 Å². The van der Waals surface area contributed by atoms with Crippen LogP contribution in [0.5, 0.6) is 11.5 Å². The van der Waals surface area contributed by atoms with E-state index in [1.54, 1.807) is 6.07 Å². The van der Waals surface area contributed by atoms with Crippen molar-refractivity contribution in [3.05, 3.63) is 51.0 Å². The summed E-state index contributed by atoms with van der Waals surface area (Å²) < 4.78 is 6.90. The highest BCUT2D eigenvalue weighted by molar-refractivity contribution is 9.10. The van der Waals surface area contributed by atoms with Crippen LogP contribution in [0.4, 0.5) is 5.69 Å². The molecule has 0 unspecified atom stereocenters. The SMILES string of the molecule is Cc1cc(Br)ccc1Oc1cc(Cl)c(N)cc1C. The molecule has 0 spiro atoms. The summed E-state index contributed by atoms with van der Waals surface area (Å²) in [6, 6.07) is 9.42. The fourth-order valence-corrected chi connectivity index (χ4v) is 2.27. The second kappa shape index (κ2) is 5.21. The van der Waals surface area contributed by atoms with Gasteiger partial charge >= 0.3 is 0 Å². The quantitative estimate of drug-likeness (QED) is 0.780. The lowest BCUT2D eigenvalue weighted by Crippen LogP contribution is -1.93. The third-order valence-electron chi connectivity index (χ3n) is 2.65. The molecule has 4 heteroatoms. The summed E-state index contributed by atoms with van der Waals surface area (Å²) in [5.74, 6) is 1.53. The van der Waals surface area contributed by atoms with Gasteiger partial charge in [0.15, 0.2) is 0 Å². The van der Waals surface area contributed by atoms with E-state index < -0.39 is 0 Å². The fraction of sp³-hybridized carbons (Fsp3) is 0.143. The number of hydrogen-bond donors (Lipinski definition) is 1. The van der Waals surface area contributed by atoms with E-state index in [1.807, 2.05) is 38.1 Å². The van der Waals surface area contributed by atoms with E-state index in [2.05, 4.69) is 15.9 Å². The highest BCUT2D eigenvalue weighted by Gasteiger charge is 2.07. The highest BCUT2D eigenvalue weighted by atomic mass is 79.9. The van der Waals surface area contributed by atoms with Crippen LogP contribution in [0.3, 0.4) is 0 Å². The van der Waals surface area contributed by atoms with Crippen LogP contribution in [0, 0.1) is 13.8 Å². The number of anilines is 1. The molecule has 2 nitrogen and oxygen atoms in total. The zero-order chi connectivity index (χ0) is 13.3. The van der Waals surface area contributed by atoms with Crippen molar-refractivity contribution in [3.8, 4) is 11.5 Å². The molecule has 0 aliphatic carbocycles. The summed E-state index contributed by atoms with van der Waals surface area (Å²) in [6.45, 7) is 3.94. The number of halogens is 2. The Labute approximate surface area is 120 Å². The number of aryl methyl sites for hydroxylation is 2. The predicted octanol–water partition coefficient (Wildman–Crippen LogP) is 5.09. The van der Waals surface area contributed by atoms with E-state index in [1.165, 1.54) is 0 Å². The van der Waals surface area contributed by atoms with Crippen molar-refractivity contribution in [2.45, 2.75) is 13.8 Å². The molecular weight excluding hydrogens is 314 g/mol. The van der Waals surface area contributed by atoms with Crippen molar-refractivity contribution >= 4 is 33.2 Å². The summed E-state index contributed by atoms with van der Waals surface area (Å²) in [6.07, 6.45) is 0. The second-order valence-corrected chi connectivity index (χ2v) is 5.47. The van der Waals surface area contributed by atoms with Gasteiger partial charge in [-0.2, -0.15) is 0 Å². The third kappa shape index (κ3) is 2.79. The topological polar surface area (TPSA) is 35.2 Å². The van der Waals surface area contributed by atoms with Gasteiger partial charge in [0.05, 0.1) is 10.7 Å².